The van der Waals surface area contributed by atoms with Crippen LogP contribution in [0.1, 0.15) is 32.1 Å². The zero-order chi connectivity index (χ0) is 14.7. The first-order valence-electron chi connectivity index (χ1n) is 6.08. The molecule has 2 N–H and O–H groups in total. The van der Waals surface area contributed by atoms with Gasteiger partial charge in [0.25, 0.3) is 5.91 Å². The van der Waals surface area contributed by atoms with E-state index < -0.39 is 5.97 Å². The van der Waals surface area contributed by atoms with Crippen molar-refractivity contribution in [2.75, 3.05) is 0 Å². The number of hydrogen-bond donors (Lipinski definition) is 2. The van der Waals surface area contributed by atoms with Crippen LogP contribution < -0.4 is 5.32 Å². The second-order valence-corrected chi connectivity index (χ2v) is 4.48. The van der Waals surface area contributed by atoms with E-state index in [4.69, 9.17) is 5.11 Å². The average molecular weight is 273 g/mol. The van der Waals surface area contributed by atoms with Gasteiger partial charge in [0.15, 0.2) is 0 Å². The Morgan fingerprint density at radius 1 is 1.30 bits per heavy atom. The van der Waals surface area contributed by atoms with Gasteiger partial charge in [-0.3, -0.25) is 9.48 Å². The molecule has 6 nitrogen and oxygen atoms in total. The molecule has 104 valence electrons. The summed E-state index contributed by atoms with van der Waals surface area (Å²) in [6.07, 6.45) is 0. The molecule has 0 saturated heterocycles. The average Bonchev–Trinajstić information content (AvgIpc) is 2.75. The Hall–Kier alpha value is -2.63. The number of aromatic carboxylic acids is 1. The van der Waals surface area contributed by atoms with Crippen LogP contribution in [0.15, 0.2) is 30.3 Å². The monoisotopic (exact) mass is 273 g/mol. The van der Waals surface area contributed by atoms with Crippen LogP contribution in [0, 0.1) is 6.92 Å². The summed E-state index contributed by atoms with van der Waals surface area (Å²) < 4.78 is 1.53. The fraction of sp³-hybridized carbons (Fsp3) is 0.214. The number of rotatable bonds is 4. The predicted octanol–water partition coefficient (Wildman–Crippen LogP) is 1.36. The van der Waals surface area contributed by atoms with Gasteiger partial charge in [-0.05, 0) is 30.7 Å². The molecule has 0 atom stereocenters. The summed E-state index contributed by atoms with van der Waals surface area (Å²) in [6.45, 7) is 2.16. The Morgan fingerprint density at radius 2 is 1.95 bits per heavy atom. The van der Waals surface area contributed by atoms with E-state index >= 15 is 0 Å². The molecular formula is C14H15N3O3. The molecule has 20 heavy (non-hydrogen) atoms. The van der Waals surface area contributed by atoms with Crippen molar-refractivity contribution in [3.05, 3.63) is 52.8 Å². The molecule has 0 fully saturated rings. The molecule has 0 radical (unpaired) electrons. The number of carboxylic acid groups (broad SMARTS) is 1. The molecule has 0 aliphatic heterocycles. The maximum atomic E-state index is 12.0. The highest BCUT2D eigenvalue weighted by molar-refractivity contribution is 5.92. The number of nitrogens with one attached hydrogen (secondary N) is 1. The largest absolute Gasteiger partial charge is 0.478 e. The van der Waals surface area contributed by atoms with Crippen molar-refractivity contribution in [1.29, 1.82) is 0 Å². The molecule has 1 amide bonds. The van der Waals surface area contributed by atoms with Crippen LogP contribution in [0.5, 0.6) is 0 Å². The van der Waals surface area contributed by atoms with Gasteiger partial charge in [0.2, 0.25) is 0 Å². The summed E-state index contributed by atoms with van der Waals surface area (Å²) in [7, 11) is 1.71. The highest BCUT2D eigenvalue weighted by atomic mass is 16.4. The molecule has 0 aliphatic carbocycles. The van der Waals surface area contributed by atoms with Crippen LogP contribution in [0.2, 0.25) is 0 Å². The molecule has 0 unspecified atom stereocenters. The number of carbonyl (C=O) groups is 2. The molecule has 1 heterocycles. The first kappa shape index (κ1) is 13.8. The molecule has 6 heteroatoms. The van der Waals surface area contributed by atoms with Gasteiger partial charge in [0.1, 0.15) is 5.69 Å². The van der Waals surface area contributed by atoms with Crippen molar-refractivity contribution in [2.24, 2.45) is 7.05 Å². The Balaban J connectivity index is 2.00. The van der Waals surface area contributed by atoms with Gasteiger partial charge in [0, 0.05) is 13.6 Å². The number of nitrogens with zero attached hydrogens (tertiary/aromatic N) is 2. The predicted molar refractivity (Wildman–Crippen MR) is 72.5 cm³/mol. The lowest BCUT2D eigenvalue weighted by atomic mass is 10.1. The van der Waals surface area contributed by atoms with Gasteiger partial charge < -0.3 is 10.4 Å². The van der Waals surface area contributed by atoms with Crippen LogP contribution in [0.4, 0.5) is 0 Å². The summed E-state index contributed by atoms with van der Waals surface area (Å²) >= 11 is 0. The van der Waals surface area contributed by atoms with E-state index in [9.17, 15) is 9.59 Å². The van der Waals surface area contributed by atoms with E-state index in [1.165, 1.54) is 16.8 Å². The van der Waals surface area contributed by atoms with Crippen LogP contribution in [0.3, 0.4) is 0 Å². The minimum atomic E-state index is -0.967. The van der Waals surface area contributed by atoms with Crippen LogP contribution in [-0.2, 0) is 13.6 Å². The van der Waals surface area contributed by atoms with E-state index in [1.54, 1.807) is 25.2 Å². The van der Waals surface area contributed by atoms with E-state index in [2.05, 4.69) is 10.4 Å². The third-order valence-corrected chi connectivity index (χ3v) is 2.89. The lowest BCUT2D eigenvalue weighted by Crippen LogP contribution is -2.25. The second-order valence-electron chi connectivity index (χ2n) is 4.48. The number of amides is 1. The van der Waals surface area contributed by atoms with Gasteiger partial charge in [-0.15, -0.1) is 0 Å². The van der Waals surface area contributed by atoms with E-state index in [-0.39, 0.29) is 11.5 Å². The van der Waals surface area contributed by atoms with Crippen molar-refractivity contribution < 1.29 is 14.7 Å². The molecule has 0 aliphatic rings. The zero-order valence-corrected chi connectivity index (χ0v) is 11.3. The molecule has 2 rings (SSSR count). The molecule has 2 aromatic rings. The van der Waals surface area contributed by atoms with Crippen molar-refractivity contribution in [3.8, 4) is 0 Å². The van der Waals surface area contributed by atoms with E-state index in [0.29, 0.717) is 12.2 Å². The van der Waals surface area contributed by atoms with Crippen molar-refractivity contribution in [1.82, 2.24) is 15.1 Å². The Labute approximate surface area is 116 Å². The topological polar surface area (TPSA) is 84.2 Å². The lowest BCUT2D eigenvalue weighted by Gasteiger charge is -2.05. The zero-order valence-electron chi connectivity index (χ0n) is 11.3. The van der Waals surface area contributed by atoms with Crippen molar-refractivity contribution in [3.63, 3.8) is 0 Å². The Kier molecular flexibility index (Phi) is 3.84. The van der Waals surface area contributed by atoms with Gasteiger partial charge in [-0.25, -0.2) is 4.79 Å². The van der Waals surface area contributed by atoms with Crippen molar-refractivity contribution in [2.45, 2.75) is 13.5 Å². The Bertz CT molecular complexity index is 644. The van der Waals surface area contributed by atoms with E-state index in [1.807, 2.05) is 6.92 Å². The molecule has 0 spiro atoms. The summed E-state index contributed by atoms with van der Waals surface area (Å²) in [6, 6.07) is 8.09. The maximum Gasteiger partial charge on any atom is 0.335 e. The Morgan fingerprint density at radius 3 is 2.45 bits per heavy atom. The highest BCUT2D eigenvalue weighted by Crippen LogP contribution is 2.06. The van der Waals surface area contributed by atoms with Crippen molar-refractivity contribution >= 4 is 11.9 Å². The molecule has 0 saturated carbocycles. The van der Waals surface area contributed by atoms with Gasteiger partial charge in [-0.2, -0.15) is 5.10 Å². The summed E-state index contributed by atoms with van der Waals surface area (Å²) in [5, 5.41) is 15.7. The first-order chi connectivity index (χ1) is 9.47. The molecule has 0 bridgehead atoms. The smallest absolute Gasteiger partial charge is 0.335 e. The van der Waals surface area contributed by atoms with Gasteiger partial charge in [0.05, 0.1) is 11.3 Å². The molecular weight excluding hydrogens is 258 g/mol. The lowest BCUT2D eigenvalue weighted by molar-refractivity contribution is 0.0696. The van der Waals surface area contributed by atoms with Crippen LogP contribution >= 0.6 is 0 Å². The molecule has 1 aromatic heterocycles. The maximum absolute atomic E-state index is 12.0. The minimum Gasteiger partial charge on any atom is -0.478 e. The number of hydrogen-bond acceptors (Lipinski definition) is 3. The summed E-state index contributed by atoms with van der Waals surface area (Å²) in [5.41, 5.74) is 2.33. The number of benzene rings is 1. The van der Waals surface area contributed by atoms with Gasteiger partial charge in [-0.1, -0.05) is 12.1 Å². The minimum absolute atomic E-state index is 0.213. The van der Waals surface area contributed by atoms with Crippen LogP contribution in [0.25, 0.3) is 0 Å². The highest BCUT2D eigenvalue weighted by Gasteiger charge is 2.11. The quantitative estimate of drug-likeness (QED) is 0.880. The van der Waals surface area contributed by atoms with Crippen LogP contribution in [-0.4, -0.2) is 26.8 Å². The number of aromatic nitrogens is 2. The first-order valence-corrected chi connectivity index (χ1v) is 6.08. The second kappa shape index (κ2) is 5.56. The van der Waals surface area contributed by atoms with Gasteiger partial charge >= 0.3 is 5.97 Å². The van der Waals surface area contributed by atoms with E-state index in [0.717, 1.165) is 11.3 Å². The standard InChI is InChI=1S/C14H15N3O3/c1-9-7-12(17(2)16-9)13(18)15-8-10-3-5-11(6-4-10)14(19)20/h3-7H,8H2,1-2H3,(H,15,18)(H,19,20). The number of aryl methyl sites for hydroxylation is 2. The number of carbonyl (C=O) groups excluding carboxylic acids is 1. The molecule has 1 aromatic carbocycles. The SMILES string of the molecule is Cc1cc(C(=O)NCc2ccc(C(=O)O)cc2)n(C)n1. The number of carboxylic acids is 1. The fourth-order valence-electron chi connectivity index (χ4n) is 1.86. The fourth-order valence-corrected chi connectivity index (χ4v) is 1.86. The third kappa shape index (κ3) is 3.03. The summed E-state index contributed by atoms with van der Waals surface area (Å²) in [5.74, 6) is -1.18. The summed E-state index contributed by atoms with van der Waals surface area (Å²) in [4.78, 5) is 22.7. The third-order valence-electron chi connectivity index (χ3n) is 2.89. The normalized spacial score (nSPS) is 10.3.